The van der Waals surface area contributed by atoms with E-state index in [4.69, 9.17) is 16.6 Å². The largest absolute Gasteiger partial charge is 0.333 e. The van der Waals surface area contributed by atoms with Gasteiger partial charge in [0.05, 0.1) is 16.8 Å². The van der Waals surface area contributed by atoms with Crippen LogP contribution in [0.3, 0.4) is 0 Å². The van der Waals surface area contributed by atoms with E-state index in [0.29, 0.717) is 29.0 Å². The molecule has 0 aliphatic heterocycles. The SMILES string of the molecule is Cc1c(Cl)cccc1-n1c(SCC(=O)N(Cc2ccccc2)Cc2ccccc2)nc2sc3c(c2c1=O)CCCC3. The van der Waals surface area contributed by atoms with Gasteiger partial charge in [0.25, 0.3) is 5.56 Å². The molecule has 1 amide bonds. The topological polar surface area (TPSA) is 55.2 Å². The lowest BCUT2D eigenvalue weighted by Gasteiger charge is -2.23. The summed E-state index contributed by atoms with van der Waals surface area (Å²) in [7, 11) is 0. The van der Waals surface area contributed by atoms with E-state index in [0.717, 1.165) is 58.2 Å². The molecule has 0 saturated heterocycles. The van der Waals surface area contributed by atoms with Crippen LogP contribution < -0.4 is 5.56 Å². The fourth-order valence-corrected chi connectivity index (χ4v) is 7.77. The maximum atomic E-state index is 14.2. The molecular weight excluding hydrogens is 570 g/mol. The minimum absolute atomic E-state index is 0.0168. The predicted molar refractivity (Wildman–Crippen MR) is 169 cm³/mol. The van der Waals surface area contributed by atoms with E-state index in [1.807, 2.05) is 90.7 Å². The third-order valence-corrected chi connectivity index (χ3v) is 10.1. The smallest absolute Gasteiger partial charge is 0.267 e. The minimum atomic E-state index is -0.0832. The maximum absolute atomic E-state index is 14.2. The molecule has 41 heavy (non-hydrogen) atoms. The predicted octanol–water partition coefficient (Wildman–Crippen LogP) is 7.61. The molecule has 0 unspecified atom stereocenters. The number of hydrogen-bond acceptors (Lipinski definition) is 5. The zero-order valence-corrected chi connectivity index (χ0v) is 25.2. The molecule has 1 aliphatic carbocycles. The summed E-state index contributed by atoms with van der Waals surface area (Å²) in [6.45, 7) is 2.91. The molecule has 0 N–H and O–H groups in total. The number of thiophene rings is 1. The Morgan fingerprint density at radius 2 is 1.61 bits per heavy atom. The minimum Gasteiger partial charge on any atom is -0.333 e. The van der Waals surface area contributed by atoms with Crippen molar-refractivity contribution in [2.24, 2.45) is 0 Å². The van der Waals surface area contributed by atoms with Gasteiger partial charge in [0.15, 0.2) is 5.16 Å². The lowest BCUT2D eigenvalue weighted by Crippen LogP contribution is -2.32. The molecule has 5 nitrogen and oxygen atoms in total. The Morgan fingerprint density at radius 1 is 0.951 bits per heavy atom. The highest BCUT2D eigenvalue weighted by atomic mass is 35.5. The Bertz CT molecular complexity index is 1730. The van der Waals surface area contributed by atoms with Crippen LogP contribution in [0.2, 0.25) is 5.02 Å². The monoisotopic (exact) mass is 599 g/mol. The van der Waals surface area contributed by atoms with Gasteiger partial charge in [0.1, 0.15) is 4.83 Å². The van der Waals surface area contributed by atoms with Gasteiger partial charge in [-0.2, -0.15) is 0 Å². The van der Waals surface area contributed by atoms with Gasteiger partial charge in [0.2, 0.25) is 5.91 Å². The van der Waals surface area contributed by atoms with Crippen LogP contribution in [0.4, 0.5) is 0 Å². The summed E-state index contributed by atoms with van der Waals surface area (Å²) in [4.78, 5) is 36.9. The maximum Gasteiger partial charge on any atom is 0.267 e. The van der Waals surface area contributed by atoms with Crippen molar-refractivity contribution in [1.29, 1.82) is 0 Å². The zero-order chi connectivity index (χ0) is 28.3. The number of amides is 1. The third-order valence-electron chi connectivity index (χ3n) is 7.55. The van der Waals surface area contributed by atoms with Crippen LogP contribution in [0.15, 0.2) is 88.8 Å². The highest BCUT2D eigenvalue weighted by molar-refractivity contribution is 7.99. The zero-order valence-electron chi connectivity index (χ0n) is 22.8. The number of fused-ring (bicyclic) bond motifs is 3. The Hall–Kier alpha value is -3.39. The van der Waals surface area contributed by atoms with Crippen molar-refractivity contribution in [2.75, 3.05) is 5.75 Å². The van der Waals surface area contributed by atoms with Gasteiger partial charge in [-0.3, -0.25) is 14.2 Å². The van der Waals surface area contributed by atoms with Crippen molar-refractivity contribution in [3.8, 4) is 5.69 Å². The van der Waals surface area contributed by atoms with Crippen LogP contribution >= 0.6 is 34.7 Å². The third kappa shape index (κ3) is 5.85. The molecule has 1 aliphatic rings. The fraction of sp³-hybridized carbons (Fsp3) is 0.242. The van der Waals surface area contributed by atoms with Gasteiger partial charge in [-0.1, -0.05) is 90.1 Å². The number of aryl methyl sites for hydroxylation is 2. The summed E-state index contributed by atoms with van der Waals surface area (Å²) in [5.41, 5.74) is 4.71. The van der Waals surface area contributed by atoms with Gasteiger partial charge in [0, 0.05) is 23.0 Å². The molecule has 0 radical (unpaired) electrons. The van der Waals surface area contributed by atoms with Crippen molar-refractivity contribution in [1.82, 2.24) is 14.5 Å². The molecule has 6 rings (SSSR count). The Labute approximate surface area is 252 Å². The van der Waals surface area contributed by atoms with E-state index in [1.165, 1.54) is 16.6 Å². The molecular formula is C33H30ClN3O2S2. The first-order chi connectivity index (χ1) is 20.0. The Kier molecular flexibility index (Phi) is 8.28. The number of rotatable bonds is 8. The summed E-state index contributed by atoms with van der Waals surface area (Å²) in [6, 6.07) is 25.6. The standard InChI is InChI=1S/C33H30ClN3O2S2/c1-22-26(34)16-10-17-27(22)37-32(39)30-25-15-8-9-18-28(25)41-31(30)35-33(37)40-21-29(38)36(19-23-11-4-2-5-12-23)20-24-13-6-3-7-14-24/h2-7,10-14,16-17H,8-9,15,18-21H2,1H3. The van der Waals surface area contributed by atoms with E-state index in [-0.39, 0.29) is 17.2 Å². The summed E-state index contributed by atoms with van der Waals surface area (Å²) in [5.74, 6) is 0.138. The number of thioether (sulfide) groups is 1. The first-order valence-corrected chi connectivity index (χ1v) is 16.0. The quantitative estimate of drug-likeness (QED) is 0.136. The molecule has 0 bridgehead atoms. The van der Waals surface area contributed by atoms with Crippen LogP contribution in [0, 0.1) is 6.92 Å². The first-order valence-electron chi connectivity index (χ1n) is 13.8. The van der Waals surface area contributed by atoms with Gasteiger partial charge >= 0.3 is 0 Å². The van der Waals surface area contributed by atoms with Crippen LogP contribution in [0.5, 0.6) is 0 Å². The molecule has 3 aromatic carbocycles. The van der Waals surface area contributed by atoms with E-state index < -0.39 is 0 Å². The summed E-state index contributed by atoms with van der Waals surface area (Å²) >= 11 is 9.44. The van der Waals surface area contributed by atoms with Crippen molar-refractivity contribution < 1.29 is 4.79 Å². The second-order valence-corrected chi connectivity index (χ2v) is 12.8. The average molecular weight is 600 g/mol. The molecule has 8 heteroatoms. The van der Waals surface area contributed by atoms with E-state index in [2.05, 4.69) is 0 Å². The van der Waals surface area contributed by atoms with Gasteiger partial charge < -0.3 is 4.90 Å². The van der Waals surface area contributed by atoms with Crippen LogP contribution in [-0.4, -0.2) is 26.1 Å². The van der Waals surface area contributed by atoms with Gasteiger partial charge in [-0.25, -0.2) is 4.98 Å². The second-order valence-electron chi connectivity index (χ2n) is 10.3. The highest BCUT2D eigenvalue weighted by Gasteiger charge is 2.25. The van der Waals surface area contributed by atoms with Crippen molar-refractivity contribution >= 4 is 50.8 Å². The van der Waals surface area contributed by atoms with Crippen molar-refractivity contribution in [2.45, 2.75) is 50.9 Å². The molecule has 2 aromatic heterocycles. The van der Waals surface area contributed by atoms with Crippen molar-refractivity contribution in [3.63, 3.8) is 0 Å². The lowest BCUT2D eigenvalue weighted by atomic mass is 9.97. The number of nitrogens with zero attached hydrogens (tertiary/aromatic N) is 3. The first kappa shape index (κ1) is 27.8. The fourth-order valence-electron chi connectivity index (χ4n) is 5.39. The van der Waals surface area contributed by atoms with Crippen LogP contribution in [0.1, 0.15) is 40.0 Å². The Morgan fingerprint density at radius 3 is 2.29 bits per heavy atom. The van der Waals surface area contributed by atoms with E-state index in [9.17, 15) is 9.59 Å². The normalized spacial score (nSPS) is 12.8. The van der Waals surface area contributed by atoms with Crippen LogP contribution in [-0.2, 0) is 30.7 Å². The highest BCUT2D eigenvalue weighted by Crippen LogP contribution is 2.36. The number of carbonyl (C=O) groups excluding carboxylic acids is 1. The number of halogens is 1. The number of hydrogen-bond donors (Lipinski definition) is 0. The lowest BCUT2D eigenvalue weighted by molar-refractivity contribution is -0.129. The van der Waals surface area contributed by atoms with Gasteiger partial charge in [-0.05, 0) is 67.0 Å². The second kappa shape index (κ2) is 12.2. The average Bonchev–Trinajstić information content (AvgIpc) is 3.37. The summed E-state index contributed by atoms with van der Waals surface area (Å²) < 4.78 is 1.67. The molecule has 5 aromatic rings. The molecule has 0 spiro atoms. The number of aromatic nitrogens is 2. The molecule has 0 atom stereocenters. The summed E-state index contributed by atoms with van der Waals surface area (Å²) in [6.07, 6.45) is 4.11. The summed E-state index contributed by atoms with van der Waals surface area (Å²) in [5, 5.41) is 1.82. The molecule has 2 heterocycles. The molecule has 0 fully saturated rings. The Balaban J connectivity index is 1.37. The van der Waals surface area contributed by atoms with E-state index >= 15 is 0 Å². The van der Waals surface area contributed by atoms with Crippen molar-refractivity contribution in [3.05, 3.63) is 121 Å². The number of benzene rings is 3. The molecule has 208 valence electrons. The molecule has 0 saturated carbocycles. The van der Waals surface area contributed by atoms with Gasteiger partial charge in [-0.15, -0.1) is 11.3 Å². The number of carbonyl (C=O) groups is 1. The van der Waals surface area contributed by atoms with Crippen LogP contribution in [0.25, 0.3) is 15.9 Å². The van der Waals surface area contributed by atoms with E-state index in [1.54, 1.807) is 15.9 Å².